The Kier molecular flexibility index (Phi) is 4.58. The zero-order valence-electron chi connectivity index (χ0n) is 12.2. The van der Waals surface area contributed by atoms with Crippen molar-refractivity contribution in [3.8, 4) is 0 Å². The molecule has 0 heterocycles. The molecule has 0 aromatic heterocycles. The fourth-order valence-electron chi connectivity index (χ4n) is 2.23. The lowest BCUT2D eigenvalue weighted by atomic mass is 9.98. The highest BCUT2D eigenvalue weighted by Crippen LogP contribution is 2.20. The van der Waals surface area contributed by atoms with Crippen LogP contribution in [0.2, 0.25) is 0 Å². The van der Waals surface area contributed by atoms with Gasteiger partial charge in [-0.25, -0.2) is 4.79 Å². The van der Waals surface area contributed by atoms with E-state index >= 15 is 0 Å². The lowest BCUT2D eigenvalue weighted by Gasteiger charge is -2.17. The van der Waals surface area contributed by atoms with Gasteiger partial charge in [0.05, 0.1) is 0 Å². The summed E-state index contributed by atoms with van der Waals surface area (Å²) in [4.78, 5) is 23.1. The number of amides is 1. The number of rotatable bonds is 5. The first-order valence-electron chi connectivity index (χ1n) is 6.99. The minimum absolute atomic E-state index is 0.237. The summed E-state index contributed by atoms with van der Waals surface area (Å²) in [6, 6.07) is 12.7. The third-order valence-electron chi connectivity index (χ3n) is 3.44. The summed E-state index contributed by atoms with van der Waals surface area (Å²) in [7, 11) is 0. The van der Waals surface area contributed by atoms with Crippen LogP contribution >= 0.6 is 0 Å². The minimum Gasteiger partial charge on any atom is -0.480 e. The van der Waals surface area contributed by atoms with E-state index in [9.17, 15) is 14.7 Å². The molecular weight excluding hydrogens is 266 g/mol. The molecule has 2 N–H and O–H groups in total. The van der Waals surface area contributed by atoms with Gasteiger partial charge in [-0.1, -0.05) is 56.3 Å². The molecule has 1 amide bonds. The van der Waals surface area contributed by atoms with Gasteiger partial charge in [0.2, 0.25) is 5.91 Å². The molecule has 0 radical (unpaired) electrons. The van der Waals surface area contributed by atoms with E-state index in [1.54, 1.807) is 13.8 Å². The Hall–Kier alpha value is -2.36. The molecule has 2 aromatic rings. The van der Waals surface area contributed by atoms with Crippen molar-refractivity contribution in [3.63, 3.8) is 0 Å². The minimum atomic E-state index is -1.02. The van der Waals surface area contributed by atoms with E-state index < -0.39 is 12.0 Å². The predicted molar refractivity (Wildman–Crippen MR) is 82.1 cm³/mol. The summed E-state index contributed by atoms with van der Waals surface area (Å²) < 4.78 is 0. The Bertz CT molecular complexity index is 659. The number of aliphatic carboxylic acids is 1. The van der Waals surface area contributed by atoms with Crippen molar-refractivity contribution in [2.45, 2.75) is 26.3 Å². The molecule has 0 bridgehead atoms. The standard InChI is InChI=1S/C17H19NO3/c1-11(2)16(19)18-15(17(20)21)10-13-8-5-7-12-6-3-4-9-14(12)13/h3-9,11,15H,10H2,1-2H3,(H,18,19)(H,20,21)/t15-/m1/s1. The highest BCUT2D eigenvalue weighted by Gasteiger charge is 2.22. The fraction of sp³-hybridized carbons (Fsp3) is 0.294. The van der Waals surface area contributed by atoms with Crippen molar-refractivity contribution < 1.29 is 14.7 Å². The summed E-state index contributed by atoms with van der Waals surface area (Å²) in [6.07, 6.45) is 0.273. The fourth-order valence-corrected chi connectivity index (χ4v) is 2.23. The first-order valence-corrected chi connectivity index (χ1v) is 6.99. The highest BCUT2D eigenvalue weighted by atomic mass is 16.4. The molecular formula is C17H19NO3. The number of fused-ring (bicyclic) bond motifs is 1. The summed E-state index contributed by atoms with van der Waals surface area (Å²) in [5.74, 6) is -1.50. The molecule has 0 saturated heterocycles. The SMILES string of the molecule is CC(C)C(=O)N[C@H](Cc1cccc2ccccc12)C(=O)O. The molecule has 21 heavy (non-hydrogen) atoms. The van der Waals surface area contributed by atoms with E-state index in [2.05, 4.69) is 5.32 Å². The Morgan fingerprint density at radius 2 is 1.76 bits per heavy atom. The van der Waals surface area contributed by atoms with Gasteiger partial charge >= 0.3 is 5.97 Å². The number of carboxylic acid groups (broad SMARTS) is 1. The van der Waals surface area contributed by atoms with Gasteiger partial charge in [0, 0.05) is 12.3 Å². The normalized spacial score (nSPS) is 12.3. The van der Waals surface area contributed by atoms with Crippen LogP contribution in [-0.4, -0.2) is 23.0 Å². The Balaban J connectivity index is 2.27. The van der Waals surface area contributed by atoms with E-state index in [4.69, 9.17) is 0 Å². The largest absolute Gasteiger partial charge is 0.480 e. The lowest BCUT2D eigenvalue weighted by molar-refractivity contribution is -0.142. The van der Waals surface area contributed by atoms with E-state index in [0.29, 0.717) is 0 Å². The maximum absolute atomic E-state index is 11.7. The molecule has 0 saturated carbocycles. The van der Waals surface area contributed by atoms with Gasteiger partial charge < -0.3 is 10.4 Å². The third kappa shape index (κ3) is 3.60. The maximum Gasteiger partial charge on any atom is 0.326 e. The van der Waals surface area contributed by atoms with Gasteiger partial charge in [-0.2, -0.15) is 0 Å². The predicted octanol–water partition coefficient (Wildman–Crippen LogP) is 2.61. The number of benzene rings is 2. The zero-order valence-corrected chi connectivity index (χ0v) is 12.2. The second kappa shape index (κ2) is 6.39. The molecule has 0 aliphatic rings. The van der Waals surface area contributed by atoms with Crippen LogP contribution in [0.4, 0.5) is 0 Å². The summed E-state index contributed by atoms with van der Waals surface area (Å²) in [5, 5.41) is 14.0. The van der Waals surface area contributed by atoms with Gasteiger partial charge in [-0.05, 0) is 16.3 Å². The first kappa shape index (κ1) is 15.0. The number of carbonyl (C=O) groups excluding carboxylic acids is 1. The van der Waals surface area contributed by atoms with Crippen molar-refractivity contribution >= 4 is 22.6 Å². The molecule has 110 valence electrons. The quantitative estimate of drug-likeness (QED) is 0.887. The van der Waals surface area contributed by atoms with Crippen LogP contribution in [0.15, 0.2) is 42.5 Å². The molecule has 0 fully saturated rings. The number of nitrogens with one attached hydrogen (secondary N) is 1. The average molecular weight is 285 g/mol. The molecule has 0 unspecified atom stereocenters. The Labute approximate surface area is 123 Å². The molecule has 1 atom stereocenters. The number of carbonyl (C=O) groups is 2. The Morgan fingerprint density at radius 3 is 2.43 bits per heavy atom. The van der Waals surface area contributed by atoms with E-state index in [-0.39, 0.29) is 18.2 Å². The van der Waals surface area contributed by atoms with Crippen molar-refractivity contribution in [2.75, 3.05) is 0 Å². The summed E-state index contributed by atoms with van der Waals surface area (Å²) in [5.41, 5.74) is 0.921. The lowest BCUT2D eigenvalue weighted by Crippen LogP contribution is -2.44. The molecule has 0 aliphatic heterocycles. The monoisotopic (exact) mass is 285 g/mol. The van der Waals surface area contributed by atoms with Gasteiger partial charge in [0.15, 0.2) is 0 Å². The maximum atomic E-state index is 11.7. The van der Waals surface area contributed by atoms with Gasteiger partial charge in [0.25, 0.3) is 0 Å². The van der Waals surface area contributed by atoms with E-state index in [1.165, 1.54) is 0 Å². The number of hydrogen-bond acceptors (Lipinski definition) is 2. The number of carboxylic acids is 1. The van der Waals surface area contributed by atoms with Crippen LogP contribution in [0.3, 0.4) is 0 Å². The summed E-state index contributed by atoms with van der Waals surface area (Å²) in [6.45, 7) is 3.48. The van der Waals surface area contributed by atoms with Gasteiger partial charge in [0.1, 0.15) is 6.04 Å². The topological polar surface area (TPSA) is 66.4 Å². The van der Waals surface area contributed by atoms with Crippen LogP contribution in [0.25, 0.3) is 10.8 Å². The molecule has 0 spiro atoms. The Morgan fingerprint density at radius 1 is 1.10 bits per heavy atom. The van der Waals surface area contributed by atoms with E-state index in [0.717, 1.165) is 16.3 Å². The first-order chi connectivity index (χ1) is 9.99. The second-order valence-corrected chi connectivity index (χ2v) is 5.40. The van der Waals surface area contributed by atoms with Crippen LogP contribution in [0.1, 0.15) is 19.4 Å². The van der Waals surface area contributed by atoms with Crippen LogP contribution < -0.4 is 5.32 Å². The van der Waals surface area contributed by atoms with Gasteiger partial charge in [-0.15, -0.1) is 0 Å². The molecule has 4 heteroatoms. The molecule has 0 aliphatic carbocycles. The van der Waals surface area contributed by atoms with E-state index in [1.807, 2.05) is 42.5 Å². The average Bonchev–Trinajstić information content (AvgIpc) is 2.46. The van der Waals surface area contributed by atoms with Crippen molar-refractivity contribution in [3.05, 3.63) is 48.0 Å². The van der Waals surface area contributed by atoms with Gasteiger partial charge in [-0.3, -0.25) is 4.79 Å². The summed E-state index contributed by atoms with van der Waals surface area (Å²) >= 11 is 0. The zero-order chi connectivity index (χ0) is 15.4. The van der Waals surface area contributed by atoms with Crippen LogP contribution in [0.5, 0.6) is 0 Å². The smallest absolute Gasteiger partial charge is 0.326 e. The van der Waals surface area contributed by atoms with Crippen LogP contribution in [0, 0.1) is 5.92 Å². The molecule has 2 rings (SSSR count). The molecule has 4 nitrogen and oxygen atoms in total. The second-order valence-electron chi connectivity index (χ2n) is 5.40. The number of hydrogen-bond donors (Lipinski definition) is 2. The third-order valence-corrected chi connectivity index (χ3v) is 3.44. The molecule has 2 aromatic carbocycles. The highest BCUT2D eigenvalue weighted by molar-refractivity contribution is 5.88. The van der Waals surface area contributed by atoms with Crippen LogP contribution in [-0.2, 0) is 16.0 Å². The van der Waals surface area contributed by atoms with Crippen molar-refractivity contribution in [1.29, 1.82) is 0 Å². The van der Waals surface area contributed by atoms with Crippen molar-refractivity contribution in [2.24, 2.45) is 5.92 Å². The van der Waals surface area contributed by atoms with Crippen molar-refractivity contribution in [1.82, 2.24) is 5.32 Å².